The molecule has 0 bridgehead atoms. The minimum atomic E-state index is -0.0741. The van der Waals surface area contributed by atoms with Gasteiger partial charge >= 0.3 is 0 Å². The number of terminal acetylenes is 1. The summed E-state index contributed by atoms with van der Waals surface area (Å²) in [5.41, 5.74) is -0.0741. The summed E-state index contributed by atoms with van der Waals surface area (Å²) in [6.07, 6.45) is 9.75. The van der Waals surface area contributed by atoms with E-state index in [1.54, 1.807) is 0 Å². The Morgan fingerprint density at radius 1 is 1.38 bits per heavy atom. The first-order chi connectivity index (χ1) is 5.99. The fraction of sp³-hybridized carbons (Fsp3) is 0.833. The summed E-state index contributed by atoms with van der Waals surface area (Å²) in [6.45, 7) is 8.40. The van der Waals surface area contributed by atoms with Crippen molar-refractivity contribution in [1.29, 1.82) is 0 Å². The molecule has 0 saturated carbocycles. The van der Waals surface area contributed by atoms with E-state index in [9.17, 15) is 0 Å². The number of hydrogen-bond acceptors (Lipinski definition) is 1. The van der Waals surface area contributed by atoms with E-state index in [1.165, 1.54) is 12.8 Å². The Hall–Kier alpha value is -0.480. The molecule has 0 N–H and O–H groups in total. The van der Waals surface area contributed by atoms with E-state index in [0.29, 0.717) is 0 Å². The SMILES string of the molecule is C#CC[C@H](CCCC)OC(C)(C)C. The zero-order valence-corrected chi connectivity index (χ0v) is 9.39. The van der Waals surface area contributed by atoms with Crippen LogP contribution in [0.2, 0.25) is 0 Å². The van der Waals surface area contributed by atoms with Crippen LogP contribution < -0.4 is 0 Å². The van der Waals surface area contributed by atoms with Crippen LogP contribution in [0.1, 0.15) is 53.4 Å². The Balaban J connectivity index is 3.88. The first-order valence-corrected chi connectivity index (χ1v) is 5.11. The second kappa shape index (κ2) is 6.05. The van der Waals surface area contributed by atoms with Crippen LogP contribution in [0.15, 0.2) is 0 Å². The fourth-order valence-corrected chi connectivity index (χ4v) is 1.27. The second-order valence-corrected chi connectivity index (χ2v) is 4.40. The highest BCUT2D eigenvalue weighted by Gasteiger charge is 2.17. The summed E-state index contributed by atoms with van der Waals surface area (Å²) in [7, 11) is 0. The number of ether oxygens (including phenoxy) is 1. The molecule has 1 heteroatoms. The summed E-state index contributed by atoms with van der Waals surface area (Å²) in [4.78, 5) is 0. The van der Waals surface area contributed by atoms with Gasteiger partial charge in [-0.05, 0) is 27.2 Å². The maximum Gasteiger partial charge on any atom is 0.0691 e. The van der Waals surface area contributed by atoms with Gasteiger partial charge in [-0.2, -0.15) is 0 Å². The van der Waals surface area contributed by atoms with Crippen molar-refractivity contribution in [3.63, 3.8) is 0 Å². The Labute approximate surface area is 82.9 Å². The molecule has 0 aliphatic heterocycles. The van der Waals surface area contributed by atoms with Gasteiger partial charge < -0.3 is 4.74 Å². The van der Waals surface area contributed by atoms with Crippen LogP contribution in [0.3, 0.4) is 0 Å². The predicted octanol–water partition coefficient (Wildman–Crippen LogP) is 3.38. The van der Waals surface area contributed by atoms with Gasteiger partial charge in [0.05, 0.1) is 11.7 Å². The molecule has 0 aliphatic rings. The minimum absolute atomic E-state index is 0.0741. The Bertz CT molecular complexity index is 159. The van der Waals surface area contributed by atoms with Crippen molar-refractivity contribution in [1.82, 2.24) is 0 Å². The van der Waals surface area contributed by atoms with Crippen molar-refractivity contribution in [2.75, 3.05) is 0 Å². The molecule has 1 nitrogen and oxygen atoms in total. The Morgan fingerprint density at radius 2 is 2.00 bits per heavy atom. The first kappa shape index (κ1) is 12.5. The molecule has 0 fully saturated rings. The lowest BCUT2D eigenvalue weighted by atomic mass is 10.1. The van der Waals surface area contributed by atoms with Gasteiger partial charge in [-0.15, -0.1) is 12.3 Å². The highest BCUT2D eigenvalue weighted by molar-refractivity contribution is 4.88. The summed E-state index contributed by atoms with van der Waals surface area (Å²) in [5.74, 6) is 2.67. The van der Waals surface area contributed by atoms with Gasteiger partial charge in [0.1, 0.15) is 0 Å². The molecule has 1 atom stereocenters. The quantitative estimate of drug-likeness (QED) is 0.592. The molecular weight excluding hydrogens is 160 g/mol. The van der Waals surface area contributed by atoms with Crippen molar-refractivity contribution < 1.29 is 4.74 Å². The Morgan fingerprint density at radius 3 is 2.38 bits per heavy atom. The molecular formula is C12H22O. The van der Waals surface area contributed by atoms with Crippen molar-refractivity contribution in [3.05, 3.63) is 0 Å². The second-order valence-electron chi connectivity index (χ2n) is 4.40. The van der Waals surface area contributed by atoms with E-state index < -0.39 is 0 Å². The lowest BCUT2D eigenvalue weighted by molar-refractivity contribution is -0.0610. The van der Waals surface area contributed by atoms with Crippen LogP contribution in [-0.4, -0.2) is 11.7 Å². The molecule has 76 valence electrons. The van der Waals surface area contributed by atoms with E-state index >= 15 is 0 Å². The van der Waals surface area contributed by atoms with Crippen LogP contribution in [0, 0.1) is 12.3 Å². The van der Waals surface area contributed by atoms with Crippen LogP contribution in [0.25, 0.3) is 0 Å². The molecule has 0 rings (SSSR count). The van der Waals surface area contributed by atoms with E-state index in [2.05, 4.69) is 33.6 Å². The molecule has 0 aromatic heterocycles. The summed E-state index contributed by atoms with van der Waals surface area (Å²) in [6, 6.07) is 0. The highest BCUT2D eigenvalue weighted by Crippen LogP contribution is 2.17. The van der Waals surface area contributed by atoms with Gasteiger partial charge in [-0.1, -0.05) is 19.8 Å². The lowest BCUT2D eigenvalue weighted by Crippen LogP contribution is -2.27. The summed E-state index contributed by atoms with van der Waals surface area (Å²) >= 11 is 0. The van der Waals surface area contributed by atoms with Crippen LogP contribution in [-0.2, 0) is 4.74 Å². The molecule has 0 spiro atoms. The lowest BCUT2D eigenvalue weighted by Gasteiger charge is -2.26. The summed E-state index contributed by atoms with van der Waals surface area (Å²) in [5, 5.41) is 0. The zero-order valence-electron chi connectivity index (χ0n) is 9.39. The Kier molecular flexibility index (Phi) is 5.82. The van der Waals surface area contributed by atoms with E-state index in [-0.39, 0.29) is 11.7 Å². The number of hydrogen-bond donors (Lipinski definition) is 0. The molecule has 0 aliphatic carbocycles. The van der Waals surface area contributed by atoms with Crippen LogP contribution >= 0.6 is 0 Å². The first-order valence-electron chi connectivity index (χ1n) is 5.11. The number of unbranched alkanes of at least 4 members (excludes halogenated alkanes) is 1. The van der Waals surface area contributed by atoms with E-state index in [1.807, 2.05) is 0 Å². The van der Waals surface area contributed by atoms with Crippen molar-refractivity contribution in [3.8, 4) is 12.3 Å². The van der Waals surface area contributed by atoms with Crippen molar-refractivity contribution in [2.24, 2.45) is 0 Å². The predicted molar refractivity (Wildman–Crippen MR) is 57.6 cm³/mol. The molecule has 13 heavy (non-hydrogen) atoms. The van der Waals surface area contributed by atoms with Gasteiger partial charge in [-0.3, -0.25) is 0 Å². The van der Waals surface area contributed by atoms with Gasteiger partial charge in [0.25, 0.3) is 0 Å². The van der Waals surface area contributed by atoms with Gasteiger partial charge in [0.15, 0.2) is 0 Å². The fourth-order valence-electron chi connectivity index (χ4n) is 1.27. The third kappa shape index (κ3) is 7.87. The smallest absolute Gasteiger partial charge is 0.0691 e. The van der Waals surface area contributed by atoms with Gasteiger partial charge in [-0.25, -0.2) is 0 Å². The molecule has 0 radical (unpaired) electrons. The van der Waals surface area contributed by atoms with Crippen molar-refractivity contribution in [2.45, 2.75) is 65.1 Å². The molecule has 0 aromatic carbocycles. The average molecular weight is 182 g/mol. The highest BCUT2D eigenvalue weighted by atomic mass is 16.5. The van der Waals surface area contributed by atoms with Crippen molar-refractivity contribution >= 4 is 0 Å². The molecule has 0 heterocycles. The topological polar surface area (TPSA) is 9.23 Å². The number of rotatable bonds is 5. The molecule has 0 saturated heterocycles. The maximum absolute atomic E-state index is 5.84. The third-order valence-electron chi connectivity index (χ3n) is 1.75. The minimum Gasteiger partial charge on any atom is -0.372 e. The zero-order chi connectivity index (χ0) is 10.3. The van der Waals surface area contributed by atoms with Crippen LogP contribution in [0.4, 0.5) is 0 Å². The maximum atomic E-state index is 5.84. The monoisotopic (exact) mass is 182 g/mol. The van der Waals surface area contributed by atoms with E-state index in [0.717, 1.165) is 12.8 Å². The normalized spacial score (nSPS) is 13.8. The van der Waals surface area contributed by atoms with E-state index in [4.69, 9.17) is 11.2 Å². The standard InChI is InChI=1S/C12H22O/c1-6-8-10-11(9-7-2)13-12(3,4)5/h2,11H,6,8-10H2,1,3-5H3/t11-/m1/s1. The largest absolute Gasteiger partial charge is 0.372 e. The van der Waals surface area contributed by atoms with Gasteiger partial charge in [0, 0.05) is 6.42 Å². The van der Waals surface area contributed by atoms with Crippen LogP contribution in [0.5, 0.6) is 0 Å². The average Bonchev–Trinajstić information content (AvgIpc) is 1.98. The van der Waals surface area contributed by atoms with Gasteiger partial charge in [0.2, 0.25) is 0 Å². The third-order valence-corrected chi connectivity index (χ3v) is 1.75. The molecule has 0 unspecified atom stereocenters. The molecule has 0 amide bonds. The summed E-state index contributed by atoms with van der Waals surface area (Å²) < 4.78 is 5.84. The molecule has 0 aromatic rings.